The molecule has 1 saturated carbocycles. The van der Waals surface area contributed by atoms with Crippen molar-refractivity contribution >= 4 is 5.97 Å². The minimum atomic E-state index is -0.882. The Morgan fingerprint density at radius 3 is 2.68 bits per heavy atom. The summed E-state index contributed by atoms with van der Waals surface area (Å²) >= 11 is 0. The van der Waals surface area contributed by atoms with Gasteiger partial charge >= 0.3 is 5.97 Å². The number of benzene rings is 1. The maximum Gasteiger partial charge on any atom is 0.317 e. The van der Waals surface area contributed by atoms with Crippen LogP contribution in [-0.2, 0) is 4.79 Å². The first-order valence-electron chi connectivity index (χ1n) is 6.45. The number of aliphatic carboxylic acids is 1. The Balaban J connectivity index is 2.18. The van der Waals surface area contributed by atoms with Gasteiger partial charge in [-0.15, -0.1) is 0 Å². The van der Waals surface area contributed by atoms with Gasteiger partial charge in [-0.1, -0.05) is 0 Å². The number of carboxylic acid groups (broad SMARTS) is 1. The fourth-order valence-corrected chi connectivity index (χ4v) is 2.24. The summed E-state index contributed by atoms with van der Waals surface area (Å²) in [6.07, 6.45) is 2.27. The van der Waals surface area contributed by atoms with Crippen molar-refractivity contribution in [3.63, 3.8) is 0 Å². The number of aromatic hydroxyl groups is 2. The quantitative estimate of drug-likeness (QED) is 0.685. The number of carboxylic acids is 1. The first-order valence-corrected chi connectivity index (χ1v) is 6.45. The monoisotopic (exact) mass is 265 g/mol. The van der Waals surface area contributed by atoms with Crippen LogP contribution in [0, 0.1) is 5.92 Å². The molecule has 2 rings (SSSR count). The molecule has 104 valence electrons. The summed E-state index contributed by atoms with van der Waals surface area (Å²) in [6, 6.07) is 4.08. The lowest BCUT2D eigenvalue weighted by atomic mass is 10.0. The first-order chi connectivity index (χ1) is 8.97. The van der Waals surface area contributed by atoms with Crippen LogP contribution in [0.1, 0.15) is 31.4 Å². The largest absolute Gasteiger partial charge is 0.508 e. The molecule has 1 aliphatic rings. The fraction of sp³-hybridized carbons (Fsp3) is 0.500. The highest BCUT2D eigenvalue weighted by atomic mass is 16.4. The van der Waals surface area contributed by atoms with E-state index in [1.54, 1.807) is 0 Å². The topological polar surface area (TPSA) is 81.0 Å². The van der Waals surface area contributed by atoms with E-state index >= 15 is 0 Å². The van der Waals surface area contributed by atoms with Gasteiger partial charge in [-0.3, -0.25) is 9.69 Å². The van der Waals surface area contributed by atoms with Gasteiger partial charge in [-0.2, -0.15) is 0 Å². The van der Waals surface area contributed by atoms with Crippen LogP contribution >= 0.6 is 0 Å². The Morgan fingerprint density at radius 1 is 1.42 bits per heavy atom. The number of nitrogens with zero attached hydrogens (tertiary/aromatic N) is 1. The van der Waals surface area contributed by atoms with Crippen molar-refractivity contribution < 1.29 is 20.1 Å². The van der Waals surface area contributed by atoms with E-state index in [4.69, 9.17) is 5.11 Å². The lowest BCUT2D eigenvalue weighted by Crippen LogP contribution is -2.34. The van der Waals surface area contributed by atoms with Crippen molar-refractivity contribution in [2.75, 3.05) is 13.1 Å². The number of phenolic OH excluding ortho intramolecular Hbond substituents is 2. The van der Waals surface area contributed by atoms with E-state index in [0.717, 1.165) is 12.8 Å². The normalized spacial score (nSPS) is 16.5. The lowest BCUT2D eigenvalue weighted by Gasteiger charge is -2.28. The fourth-order valence-electron chi connectivity index (χ4n) is 2.24. The van der Waals surface area contributed by atoms with Gasteiger partial charge in [-0.25, -0.2) is 0 Å². The average Bonchev–Trinajstić information content (AvgIpc) is 3.14. The van der Waals surface area contributed by atoms with E-state index in [0.29, 0.717) is 18.0 Å². The van der Waals surface area contributed by atoms with Gasteiger partial charge in [0.25, 0.3) is 0 Å². The zero-order chi connectivity index (χ0) is 14.0. The van der Waals surface area contributed by atoms with Crippen LogP contribution in [0.25, 0.3) is 0 Å². The van der Waals surface area contributed by atoms with E-state index in [2.05, 4.69) is 0 Å². The lowest BCUT2D eigenvalue weighted by molar-refractivity contribution is -0.139. The highest BCUT2D eigenvalue weighted by molar-refractivity contribution is 5.69. The van der Waals surface area contributed by atoms with Gasteiger partial charge in [0.15, 0.2) is 0 Å². The van der Waals surface area contributed by atoms with Crippen LogP contribution in [0.15, 0.2) is 18.2 Å². The van der Waals surface area contributed by atoms with Gasteiger partial charge in [0.1, 0.15) is 11.5 Å². The molecule has 3 N–H and O–H groups in total. The molecule has 0 radical (unpaired) electrons. The molecule has 1 atom stereocenters. The summed E-state index contributed by atoms with van der Waals surface area (Å²) in [5, 5.41) is 28.3. The summed E-state index contributed by atoms with van der Waals surface area (Å²) in [7, 11) is 0. The van der Waals surface area contributed by atoms with E-state index in [1.807, 2.05) is 11.8 Å². The third-order valence-electron chi connectivity index (χ3n) is 3.54. The van der Waals surface area contributed by atoms with Crippen LogP contribution in [0.3, 0.4) is 0 Å². The molecule has 5 heteroatoms. The standard InChI is InChI=1S/C14H19NO4/c1-9(12-6-11(16)4-5-13(12)17)15(8-14(18)19)7-10-2-3-10/h4-6,9-10,16-17H,2-3,7-8H2,1H3,(H,18,19). The number of rotatable bonds is 6. The van der Waals surface area contributed by atoms with E-state index in [9.17, 15) is 15.0 Å². The zero-order valence-electron chi connectivity index (χ0n) is 10.9. The molecule has 0 spiro atoms. The minimum Gasteiger partial charge on any atom is -0.508 e. The predicted octanol–water partition coefficient (Wildman–Crippen LogP) is 1.96. The summed E-state index contributed by atoms with van der Waals surface area (Å²) in [4.78, 5) is 12.8. The number of carbonyl (C=O) groups is 1. The molecular weight excluding hydrogens is 246 g/mol. The summed E-state index contributed by atoms with van der Waals surface area (Å²) < 4.78 is 0. The van der Waals surface area contributed by atoms with Gasteiger partial charge in [0, 0.05) is 18.2 Å². The van der Waals surface area contributed by atoms with E-state index in [-0.39, 0.29) is 24.1 Å². The van der Waals surface area contributed by atoms with E-state index < -0.39 is 5.97 Å². The maximum absolute atomic E-state index is 10.9. The van der Waals surface area contributed by atoms with Crippen molar-refractivity contribution in [1.29, 1.82) is 0 Å². The second-order valence-corrected chi connectivity index (χ2v) is 5.19. The van der Waals surface area contributed by atoms with Crippen molar-refractivity contribution in [2.24, 2.45) is 5.92 Å². The molecule has 0 bridgehead atoms. The Morgan fingerprint density at radius 2 is 2.11 bits per heavy atom. The molecular formula is C14H19NO4. The van der Waals surface area contributed by atoms with Crippen LogP contribution in [0.2, 0.25) is 0 Å². The van der Waals surface area contributed by atoms with Crippen molar-refractivity contribution in [3.8, 4) is 11.5 Å². The molecule has 0 aromatic heterocycles. The average molecular weight is 265 g/mol. The van der Waals surface area contributed by atoms with Crippen LogP contribution < -0.4 is 0 Å². The molecule has 0 saturated heterocycles. The molecule has 1 aromatic rings. The zero-order valence-corrected chi connectivity index (χ0v) is 10.9. The highest BCUT2D eigenvalue weighted by Gasteiger charge is 2.29. The third kappa shape index (κ3) is 3.61. The Bertz CT molecular complexity index is 471. The minimum absolute atomic E-state index is 0.0627. The number of phenols is 2. The predicted molar refractivity (Wildman–Crippen MR) is 70.1 cm³/mol. The molecule has 0 aliphatic heterocycles. The van der Waals surface area contributed by atoms with E-state index in [1.165, 1.54) is 18.2 Å². The highest BCUT2D eigenvalue weighted by Crippen LogP contribution is 2.35. The molecule has 1 aromatic carbocycles. The SMILES string of the molecule is CC(c1cc(O)ccc1O)N(CC(=O)O)CC1CC1. The molecule has 1 unspecified atom stereocenters. The maximum atomic E-state index is 10.9. The Kier molecular flexibility index (Phi) is 3.95. The Labute approximate surface area is 112 Å². The first kappa shape index (κ1) is 13.7. The third-order valence-corrected chi connectivity index (χ3v) is 3.54. The van der Waals surface area contributed by atoms with Gasteiger partial charge in [0.05, 0.1) is 6.54 Å². The number of hydrogen-bond donors (Lipinski definition) is 3. The molecule has 1 aliphatic carbocycles. The van der Waals surface area contributed by atoms with Crippen LogP contribution in [0.4, 0.5) is 0 Å². The second kappa shape index (κ2) is 5.48. The summed E-state index contributed by atoms with van der Waals surface area (Å²) in [5.74, 6) is -0.175. The molecule has 0 amide bonds. The molecule has 5 nitrogen and oxygen atoms in total. The second-order valence-electron chi connectivity index (χ2n) is 5.19. The molecule has 0 heterocycles. The Hall–Kier alpha value is -1.75. The van der Waals surface area contributed by atoms with Gasteiger partial charge in [0.2, 0.25) is 0 Å². The number of hydrogen-bond acceptors (Lipinski definition) is 4. The molecule has 19 heavy (non-hydrogen) atoms. The summed E-state index contributed by atoms with van der Waals surface area (Å²) in [6.45, 7) is 2.50. The summed E-state index contributed by atoms with van der Waals surface area (Å²) in [5.41, 5.74) is 0.557. The van der Waals surface area contributed by atoms with Crippen LogP contribution in [0.5, 0.6) is 11.5 Å². The van der Waals surface area contributed by atoms with Crippen molar-refractivity contribution in [3.05, 3.63) is 23.8 Å². The van der Waals surface area contributed by atoms with Gasteiger partial charge in [-0.05, 0) is 43.9 Å². The van der Waals surface area contributed by atoms with Gasteiger partial charge < -0.3 is 15.3 Å². The van der Waals surface area contributed by atoms with Crippen molar-refractivity contribution in [2.45, 2.75) is 25.8 Å². The molecule has 1 fully saturated rings. The van der Waals surface area contributed by atoms with Crippen LogP contribution in [-0.4, -0.2) is 39.3 Å². The van der Waals surface area contributed by atoms with Crippen molar-refractivity contribution in [1.82, 2.24) is 4.90 Å². The smallest absolute Gasteiger partial charge is 0.317 e.